The molecule has 3 heterocycles. The molecule has 3 rings (SSSR count). The number of nitrogens with zero attached hydrogens (tertiary/aromatic N) is 2. The number of thiazole rings is 1. The minimum Gasteiger partial charge on any atom is -0.377 e. The number of aromatic nitrogens is 2. The molecule has 4 nitrogen and oxygen atoms in total. The van der Waals surface area contributed by atoms with Gasteiger partial charge in [0.05, 0.1) is 28.5 Å². The van der Waals surface area contributed by atoms with Gasteiger partial charge in [0, 0.05) is 29.0 Å². The monoisotopic (exact) mass is 308 g/mol. The fourth-order valence-corrected chi connectivity index (χ4v) is 4.71. The Morgan fingerprint density at radius 1 is 1.50 bits per heavy atom. The molecular formula is C14H16N2O2S2. The summed E-state index contributed by atoms with van der Waals surface area (Å²) in [6, 6.07) is 5.76. The molecule has 0 aromatic carbocycles. The molecule has 6 heteroatoms. The van der Waals surface area contributed by atoms with Crippen LogP contribution >= 0.6 is 11.3 Å². The summed E-state index contributed by atoms with van der Waals surface area (Å²) in [5.41, 5.74) is 1.75. The highest BCUT2D eigenvalue weighted by Gasteiger charge is 2.29. The fraction of sp³-hybridized carbons (Fsp3) is 0.429. The Morgan fingerprint density at radius 2 is 2.40 bits per heavy atom. The van der Waals surface area contributed by atoms with Crippen LogP contribution in [0, 0.1) is 0 Å². The zero-order valence-electron chi connectivity index (χ0n) is 11.2. The van der Waals surface area contributed by atoms with Crippen LogP contribution in [0.1, 0.15) is 19.0 Å². The Kier molecular flexibility index (Phi) is 4.24. The van der Waals surface area contributed by atoms with Gasteiger partial charge in [-0.05, 0) is 25.5 Å². The van der Waals surface area contributed by atoms with E-state index in [1.54, 1.807) is 17.5 Å². The van der Waals surface area contributed by atoms with Crippen LogP contribution in [0.2, 0.25) is 0 Å². The van der Waals surface area contributed by atoms with Crippen LogP contribution in [0.4, 0.5) is 0 Å². The van der Waals surface area contributed by atoms with Gasteiger partial charge in [-0.3, -0.25) is 9.19 Å². The first-order chi connectivity index (χ1) is 9.74. The lowest BCUT2D eigenvalue weighted by molar-refractivity contribution is 0.127. The zero-order chi connectivity index (χ0) is 13.9. The smallest absolute Gasteiger partial charge is 0.142 e. The third-order valence-electron chi connectivity index (χ3n) is 3.37. The Morgan fingerprint density at radius 3 is 3.10 bits per heavy atom. The molecule has 0 spiro atoms. The van der Waals surface area contributed by atoms with Crippen LogP contribution in [0.3, 0.4) is 0 Å². The molecule has 0 radical (unpaired) electrons. The average Bonchev–Trinajstić information content (AvgIpc) is 3.09. The summed E-state index contributed by atoms with van der Waals surface area (Å²) >= 11 is 1.55. The Hall–Kier alpha value is -1.11. The Bertz CT molecular complexity index is 600. The van der Waals surface area contributed by atoms with E-state index in [-0.39, 0.29) is 11.4 Å². The van der Waals surface area contributed by atoms with E-state index in [9.17, 15) is 4.21 Å². The van der Waals surface area contributed by atoms with Gasteiger partial charge >= 0.3 is 0 Å². The van der Waals surface area contributed by atoms with E-state index in [0.29, 0.717) is 12.4 Å². The van der Waals surface area contributed by atoms with Gasteiger partial charge in [0.15, 0.2) is 0 Å². The molecule has 0 unspecified atom stereocenters. The van der Waals surface area contributed by atoms with Gasteiger partial charge in [0.1, 0.15) is 5.01 Å². The lowest BCUT2D eigenvalue weighted by Gasteiger charge is -2.12. The molecule has 2 aromatic heterocycles. The molecule has 1 fully saturated rings. The first kappa shape index (κ1) is 13.9. The quantitative estimate of drug-likeness (QED) is 0.871. The number of pyridine rings is 1. The van der Waals surface area contributed by atoms with Crippen molar-refractivity contribution in [2.45, 2.75) is 30.5 Å². The minimum atomic E-state index is -0.921. The molecule has 3 atom stereocenters. The van der Waals surface area contributed by atoms with Gasteiger partial charge in [-0.1, -0.05) is 6.07 Å². The zero-order valence-corrected chi connectivity index (χ0v) is 12.8. The maximum absolute atomic E-state index is 12.4. The highest BCUT2D eigenvalue weighted by atomic mass is 32.2. The van der Waals surface area contributed by atoms with Crippen molar-refractivity contribution >= 4 is 22.1 Å². The van der Waals surface area contributed by atoms with Crippen LogP contribution in [-0.2, 0) is 21.3 Å². The van der Waals surface area contributed by atoms with E-state index in [2.05, 4.69) is 9.97 Å². The summed E-state index contributed by atoms with van der Waals surface area (Å²) < 4.78 is 17.8. The van der Waals surface area contributed by atoms with E-state index in [0.717, 1.165) is 22.8 Å². The lowest BCUT2D eigenvalue weighted by atomic mass is 10.3. The van der Waals surface area contributed by atoms with Gasteiger partial charge < -0.3 is 4.74 Å². The molecule has 0 bridgehead atoms. The first-order valence-electron chi connectivity index (χ1n) is 6.58. The predicted octanol–water partition coefficient (Wildman–Crippen LogP) is 2.63. The maximum Gasteiger partial charge on any atom is 0.142 e. The molecule has 0 saturated carbocycles. The summed E-state index contributed by atoms with van der Waals surface area (Å²) in [7, 11) is -0.921. The van der Waals surface area contributed by atoms with Crippen molar-refractivity contribution in [3.8, 4) is 10.7 Å². The lowest BCUT2D eigenvalue weighted by Crippen LogP contribution is -2.24. The third kappa shape index (κ3) is 2.97. The molecule has 2 aromatic rings. The van der Waals surface area contributed by atoms with Gasteiger partial charge in [0.2, 0.25) is 0 Å². The van der Waals surface area contributed by atoms with E-state index in [1.165, 1.54) is 0 Å². The average molecular weight is 308 g/mol. The molecular weight excluding hydrogens is 292 g/mol. The SMILES string of the molecule is C[C@H]1OCC[C@@H]1[S@](=O)Cc1csc(-c2ccccn2)n1. The van der Waals surface area contributed by atoms with Crippen molar-refractivity contribution in [2.75, 3.05) is 6.61 Å². The Labute approximate surface area is 124 Å². The second kappa shape index (κ2) is 6.11. The fourth-order valence-electron chi connectivity index (χ4n) is 2.29. The van der Waals surface area contributed by atoms with Gasteiger partial charge in [-0.25, -0.2) is 4.98 Å². The maximum atomic E-state index is 12.4. The van der Waals surface area contributed by atoms with Crippen LogP contribution < -0.4 is 0 Å². The van der Waals surface area contributed by atoms with Crippen molar-refractivity contribution in [2.24, 2.45) is 0 Å². The van der Waals surface area contributed by atoms with Crippen molar-refractivity contribution in [3.63, 3.8) is 0 Å². The summed E-state index contributed by atoms with van der Waals surface area (Å²) in [6.45, 7) is 2.71. The van der Waals surface area contributed by atoms with Gasteiger partial charge in [-0.15, -0.1) is 11.3 Å². The summed E-state index contributed by atoms with van der Waals surface area (Å²) in [5, 5.41) is 2.99. The Balaban J connectivity index is 1.70. The standard InChI is InChI=1S/C14H16N2O2S2/c1-10-13(5-7-18-10)20(17)9-11-8-19-14(16-11)12-4-2-3-6-15-12/h2-4,6,8,10,13H,5,7,9H2,1H3/t10-,13+,20-/m1/s1. The molecule has 20 heavy (non-hydrogen) atoms. The number of rotatable bonds is 4. The normalized spacial score (nSPS) is 23.9. The van der Waals surface area contributed by atoms with E-state index in [4.69, 9.17) is 4.74 Å². The van der Waals surface area contributed by atoms with Crippen LogP contribution in [0.5, 0.6) is 0 Å². The molecule has 1 aliphatic heterocycles. The topological polar surface area (TPSA) is 52.1 Å². The van der Waals surface area contributed by atoms with Crippen molar-refractivity contribution in [3.05, 3.63) is 35.5 Å². The summed E-state index contributed by atoms with van der Waals surface area (Å²) in [6.07, 6.45) is 2.72. The largest absolute Gasteiger partial charge is 0.377 e. The van der Waals surface area contributed by atoms with Crippen LogP contribution in [0.25, 0.3) is 10.7 Å². The number of hydrogen-bond acceptors (Lipinski definition) is 5. The van der Waals surface area contributed by atoms with Crippen molar-refractivity contribution in [1.29, 1.82) is 0 Å². The highest BCUT2D eigenvalue weighted by Crippen LogP contribution is 2.25. The summed E-state index contributed by atoms with van der Waals surface area (Å²) in [5.74, 6) is 0.502. The van der Waals surface area contributed by atoms with Crippen LogP contribution in [0.15, 0.2) is 29.8 Å². The second-order valence-corrected chi connectivity index (χ2v) is 7.30. The van der Waals surface area contributed by atoms with Crippen molar-refractivity contribution in [1.82, 2.24) is 9.97 Å². The summed E-state index contributed by atoms with van der Waals surface area (Å²) in [4.78, 5) is 8.82. The van der Waals surface area contributed by atoms with Gasteiger partial charge in [-0.2, -0.15) is 0 Å². The van der Waals surface area contributed by atoms with E-state index >= 15 is 0 Å². The number of ether oxygens (including phenoxy) is 1. The molecule has 0 aliphatic carbocycles. The van der Waals surface area contributed by atoms with E-state index < -0.39 is 10.8 Å². The molecule has 0 N–H and O–H groups in total. The molecule has 106 valence electrons. The third-order valence-corrected chi connectivity index (χ3v) is 6.16. The second-order valence-electron chi connectivity index (χ2n) is 4.79. The highest BCUT2D eigenvalue weighted by molar-refractivity contribution is 7.84. The molecule has 1 saturated heterocycles. The minimum absolute atomic E-state index is 0.0877. The number of hydrogen-bond donors (Lipinski definition) is 0. The molecule has 1 aliphatic rings. The van der Waals surface area contributed by atoms with Crippen molar-refractivity contribution < 1.29 is 8.95 Å². The molecule has 0 amide bonds. The van der Waals surface area contributed by atoms with Gasteiger partial charge in [0.25, 0.3) is 0 Å². The first-order valence-corrected chi connectivity index (χ1v) is 8.85. The predicted molar refractivity (Wildman–Crippen MR) is 81.0 cm³/mol. The van der Waals surface area contributed by atoms with Crippen LogP contribution in [-0.4, -0.2) is 32.1 Å². The van der Waals surface area contributed by atoms with E-state index in [1.807, 2.05) is 30.5 Å².